The number of hydrogen-bond acceptors (Lipinski definition) is 2. The molecule has 0 amide bonds. The molecule has 0 fully saturated rings. The number of aryl methyl sites for hydroxylation is 3. The number of hydrogen-bond donors (Lipinski definition) is 1. The lowest BCUT2D eigenvalue weighted by Crippen LogP contribution is -2.09. The molecule has 2 rings (SSSR count). The van der Waals surface area contributed by atoms with Gasteiger partial charge in [0.2, 0.25) is 0 Å². The smallest absolute Gasteiger partial charge is 0.354 e. The van der Waals surface area contributed by atoms with Gasteiger partial charge in [0.25, 0.3) is 0 Å². The van der Waals surface area contributed by atoms with Crippen molar-refractivity contribution in [3.63, 3.8) is 0 Å². The monoisotopic (exact) mass is 308 g/mol. The topological polar surface area (TPSA) is 55.1 Å². The number of aromatic carboxylic acids is 1. The molecule has 0 aliphatic carbocycles. The van der Waals surface area contributed by atoms with E-state index in [9.17, 15) is 9.90 Å². The van der Waals surface area contributed by atoms with Gasteiger partial charge in [0.15, 0.2) is 5.69 Å². The summed E-state index contributed by atoms with van der Waals surface area (Å²) in [6.07, 6.45) is 0. The van der Waals surface area contributed by atoms with E-state index in [1.807, 2.05) is 25.1 Å². The van der Waals surface area contributed by atoms with Gasteiger partial charge in [-0.2, -0.15) is 0 Å². The average molecular weight is 309 g/mol. The van der Waals surface area contributed by atoms with Gasteiger partial charge >= 0.3 is 5.97 Å². The minimum Gasteiger partial charge on any atom is -0.477 e. The number of rotatable bonds is 2. The lowest BCUT2D eigenvalue weighted by Gasteiger charge is -2.10. The fourth-order valence-electron chi connectivity index (χ4n) is 2.00. The summed E-state index contributed by atoms with van der Waals surface area (Å²) in [6, 6.07) is 5.72. The standard InChI is InChI=1S/C13H13BrN2O2/c1-7-6-10(4-5-11(7)14)16-9(3)15-8(2)12(16)13(17)18/h4-6H,1-3H3,(H,17,18). The van der Waals surface area contributed by atoms with Crippen LogP contribution >= 0.6 is 15.9 Å². The Kier molecular flexibility index (Phi) is 3.26. The van der Waals surface area contributed by atoms with Gasteiger partial charge in [0, 0.05) is 10.2 Å². The van der Waals surface area contributed by atoms with E-state index in [4.69, 9.17) is 0 Å². The molecule has 0 aliphatic rings. The van der Waals surface area contributed by atoms with Crippen LogP contribution in [0.3, 0.4) is 0 Å². The molecule has 0 atom stereocenters. The summed E-state index contributed by atoms with van der Waals surface area (Å²) in [6.45, 7) is 5.47. The van der Waals surface area contributed by atoms with Gasteiger partial charge in [0.1, 0.15) is 5.82 Å². The second kappa shape index (κ2) is 4.57. The minimum absolute atomic E-state index is 0.217. The molecule has 1 aromatic carbocycles. The van der Waals surface area contributed by atoms with E-state index >= 15 is 0 Å². The zero-order valence-electron chi connectivity index (χ0n) is 10.4. The fourth-order valence-corrected chi connectivity index (χ4v) is 2.25. The summed E-state index contributed by atoms with van der Waals surface area (Å²) >= 11 is 3.43. The van der Waals surface area contributed by atoms with Crippen LogP contribution in [0.4, 0.5) is 0 Å². The first-order valence-corrected chi connectivity index (χ1v) is 6.27. The Hall–Kier alpha value is -1.62. The Morgan fingerprint density at radius 1 is 1.33 bits per heavy atom. The molecule has 0 saturated carbocycles. The zero-order chi connectivity index (χ0) is 13.4. The number of benzene rings is 1. The molecule has 0 radical (unpaired) electrons. The lowest BCUT2D eigenvalue weighted by atomic mass is 10.2. The lowest BCUT2D eigenvalue weighted by molar-refractivity contribution is 0.0687. The highest BCUT2D eigenvalue weighted by Crippen LogP contribution is 2.23. The van der Waals surface area contributed by atoms with Crippen molar-refractivity contribution in [3.8, 4) is 5.69 Å². The van der Waals surface area contributed by atoms with Crippen molar-refractivity contribution in [1.82, 2.24) is 9.55 Å². The molecular weight excluding hydrogens is 296 g/mol. The maximum absolute atomic E-state index is 11.3. The van der Waals surface area contributed by atoms with Gasteiger partial charge in [-0.15, -0.1) is 0 Å². The van der Waals surface area contributed by atoms with Crippen LogP contribution in [-0.4, -0.2) is 20.6 Å². The maximum atomic E-state index is 11.3. The van der Waals surface area contributed by atoms with Crippen LogP contribution in [0, 0.1) is 20.8 Å². The highest BCUT2D eigenvalue weighted by Gasteiger charge is 2.19. The van der Waals surface area contributed by atoms with E-state index in [0.717, 1.165) is 15.7 Å². The molecule has 0 saturated heterocycles. The van der Waals surface area contributed by atoms with Crippen molar-refractivity contribution in [2.75, 3.05) is 0 Å². The number of carboxylic acid groups (broad SMARTS) is 1. The predicted octanol–water partition coefficient (Wildman–Crippen LogP) is 3.26. The number of halogens is 1. The molecule has 94 valence electrons. The Labute approximate surface area is 113 Å². The summed E-state index contributed by atoms with van der Waals surface area (Å²) in [5.74, 6) is -0.291. The van der Waals surface area contributed by atoms with Gasteiger partial charge in [-0.1, -0.05) is 15.9 Å². The van der Waals surface area contributed by atoms with Crippen molar-refractivity contribution in [1.29, 1.82) is 0 Å². The average Bonchev–Trinajstić information content (AvgIpc) is 2.57. The molecule has 1 aromatic heterocycles. The van der Waals surface area contributed by atoms with Crippen molar-refractivity contribution >= 4 is 21.9 Å². The van der Waals surface area contributed by atoms with E-state index in [1.54, 1.807) is 18.4 Å². The molecule has 4 nitrogen and oxygen atoms in total. The number of aromatic nitrogens is 2. The Bertz CT molecular complexity index is 632. The molecule has 18 heavy (non-hydrogen) atoms. The van der Waals surface area contributed by atoms with E-state index in [2.05, 4.69) is 20.9 Å². The largest absolute Gasteiger partial charge is 0.477 e. The van der Waals surface area contributed by atoms with E-state index in [0.29, 0.717) is 11.5 Å². The molecule has 1 N–H and O–H groups in total. The van der Waals surface area contributed by atoms with Crippen LogP contribution < -0.4 is 0 Å². The third kappa shape index (κ3) is 2.06. The fraction of sp³-hybridized carbons (Fsp3) is 0.231. The first kappa shape index (κ1) is 12.8. The third-order valence-electron chi connectivity index (χ3n) is 2.82. The molecule has 2 aromatic rings. The van der Waals surface area contributed by atoms with Crippen molar-refractivity contribution in [2.45, 2.75) is 20.8 Å². The summed E-state index contributed by atoms with van der Waals surface area (Å²) in [7, 11) is 0. The van der Waals surface area contributed by atoms with Crippen LogP contribution in [0.25, 0.3) is 5.69 Å². The quantitative estimate of drug-likeness (QED) is 0.926. The second-order valence-electron chi connectivity index (χ2n) is 4.17. The number of imidazole rings is 1. The molecule has 5 heteroatoms. The number of carbonyl (C=O) groups is 1. The van der Waals surface area contributed by atoms with E-state index < -0.39 is 5.97 Å². The number of nitrogens with zero attached hydrogens (tertiary/aromatic N) is 2. The van der Waals surface area contributed by atoms with Gasteiger partial charge in [0.05, 0.1) is 5.69 Å². The third-order valence-corrected chi connectivity index (χ3v) is 3.71. The molecular formula is C13H13BrN2O2. The first-order valence-electron chi connectivity index (χ1n) is 5.47. The van der Waals surface area contributed by atoms with Crippen LogP contribution in [0.15, 0.2) is 22.7 Å². The van der Waals surface area contributed by atoms with Gasteiger partial charge in [-0.25, -0.2) is 9.78 Å². The van der Waals surface area contributed by atoms with Crippen LogP contribution in [0.5, 0.6) is 0 Å². The van der Waals surface area contributed by atoms with Gasteiger partial charge in [-0.05, 0) is 44.5 Å². The van der Waals surface area contributed by atoms with Gasteiger partial charge in [-0.3, -0.25) is 4.57 Å². The summed E-state index contributed by atoms with van der Waals surface area (Å²) < 4.78 is 2.66. The summed E-state index contributed by atoms with van der Waals surface area (Å²) in [5, 5.41) is 9.27. The summed E-state index contributed by atoms with van der Waals surface area (Å²) in [5.41, 5.74) is 2.61. The molecule has 0 aliphatic heterocycles. The predicted molar refractivity (Wildman–Crippen MR) is 72.4 cm³/mol. The molecule has 1 heterocycles. The van der Waals surface area contributed by atoms with Gasteiger partial charge < -0.3 is 5.11 Å². The zero-order valence-corrected chi connectivity index (χ0v) is 11.9. The highest BCUT2D eigenvalue weighted by molar-refractivity contribution is 9.10. The van der Waals surface area contributed by atoms with E-state index in [1.165, 1.54) is 0 Å². The number of carboxylic acids is 1. The van der Waals surface area contributed by atoms with Crippen molar-refractivity contribution in [3.05, 3.63) is 45.4 Å². The van der Waals surface area contributed by atoms with Crippen LogP contribution in [0.1, 0.15) is 27.6 Å². The highest BCUT2D eigenvalue weighted by atomic mass is 79.9. The Balaban J connectivity index is 2.70. The van der Waals surface area contributed by atoms with Crippen molar-refractivity contribution < 1.29 is 9.90 Å². The van der Waals surface area contributed by atoms with Crippen LogP contribution in [0.2, 0.25) is 0 Å². The maximum Gasteiger partial charge on any atom is 0.354 e. The summed E-state index contributed by atoms with van der Waals surface area (Å²) in [4.78, 5) is 15.5. The SMILES string of the molecule is Cc1cc(-n2c(C)nc(C)c2C(=O)O)ccc1Br. The van der Waals surface area contributed by atoms with Crippen molar-refractivity contribution in [2.24, 2.45) is 0 Å². The molecule has 0 spiro atoms. The minimum atomic E-state index is -0.964. The molecule has 0 bridgehead atoms. The Morgan fingerprint density at radius 2 is 2.00 bits per heavy atom. The van der Waals surface area contributed by atoms with E-state index in [-0.39, 0.29) is 5.69 Å². The second-order valence-corrected chi connectivity index (χ2v) is 5.02. The normalized spacial score (nSPS) is 10.7. The molecule has 0 unspecified atom stereocenters. The first-order chi connectivity index (χ1) is 8.41. The Morgan fingerprint density at radius 3 is 2.56 bits per heavy atom. The van der Waals surface area contributed by atoms with Crippen LogP contribution in [-0.2, 0) is 0 Å².